The molecule has 1 aliphatic rings. The van der Waals surface area contributed by atoms with Gasteiger partial charge in [0.05, 0.1) is 12.0 Å². The van der Waals surface area contributed by atoms with Gasteiger partial charge in [0.15, 0.2) is 0 Å². The van der Waals surface area contributed by atoms with Crippen LogP contribution < -0.4 is 10.2 Å². The van der Waals surface area contributed by atoms with Crippen LogP contribution >= 0.6 is 22.9 Å². The molecule has 144 valence electrons. The Bertz CT molecular complexity index is 1310. The number of fused-ring (bicyclic) bond motifs is 3. The molecule has 5 nitrogen and oxygen atoms in total. The third kappa shape index (κ3) is 2.92. The molecule has 0 spiro atoms. The fourth-order valence-electron chi connectivity index (χ4n) is 3.72. The summed E-state index contributed by atoms with van der Waals surface area (Å²) < 4.78 is 11.2. The average molecular weight is 425 g/mol. The van der Waals surface area contributed by atoms with E-state index in [1.807, 2.05) is 16.8 Å². The maximum absolute atomic E-state index is 13.2. The second-order valence-corrected chi connectivity index (χ2v) is 8.00. The summed E-state index contributed by atoms with van der Waals surface area (Å²) in [5.74, 6) is -0.787. The minimum atomic E-state index is -0.396. The summed E-state index contributed by atoms with van der Waals surface area (Å²) in [5, 5.41) is 15.0. The third-order valence-corrected chi connectivity index (χ3v) is 6.02. The highest BCUT2D eigenvalue weighted by atomic mass is 35.5. The van der Waals surface area contributed by atoms with Crippen LogP contribution in [0.1, 0.15) is 23.5 Å². The minimum Gasteiger partial charge on any atom is -0.507 e. The molecule has 2 aromatic heterocycles. The van der Waals surface area contributed by atoms with E-state index in [4.69, 9.17) is 20.8 Å². The van der Waals surface area contributed by atoms with E-state index in [0.717, 1.165) is 5.56 Å². The van der Waals surface area contributed by atoms with E-state index in [9.17, 15) is 14.7 Å². The summed E-state index contributed by atoms with van der Waals surface area (Å²) in [6.07, 6.45) is 1.50. The number of hydrogen-bond donors (Lipinski definition) is 1. The van der Waals surface area contributed by atoms with Gasteiger partial charge < -0.3 is 14.3 Å². The van der Waals surface area contributed by atoms with Crippen LogP contribution in [-0.4, -0.2) is 11.1 Å². The Hall–Kier alpha value is -3.09. The number of phenolic OH excluding ortho intramolecular Hbond substituents is 1. The number of benzene rings is 2. The van der Waals surface area contributed by atoms with Crippen LogP contribution in [0.4, 0.5) is 0 Å². The van der Waals surface area contributed by atoms with Gasteiger partial charge in [-0.1, -0.05) is 23.7 Å². The van der Waals surface area contributed by atoms with E-state index < -0.39 is 5.97 Å². The number of esters is 1. The van der Waals surface area contributed by atoms with E-state index in [-0.39, 0.29) is 40.2 Å². The van der Waals surface area contributed by atoms with E-state index in [2.05, 4.69) is 0 Å². The van der Waals surface area contributed by atoms with Crippen molar-refractivity contribution in [1.82, 2.24) is 0 Å². The molecule has 0 aliphatic carbocycles. The molecule has 0 radical (unpaired) electrons. The number of hydrogen-bond acceptors (Lipinski definition) is 6. The zero-order valence-corrected chi connectivity index (χ0v) is 16.4. The Kier molecular flexibility index (Phi) is 4.19. The fourth-order valence-corrected chi connectivity index (χ4v) is 4.56. The van der Waals surface area contributed by atoms with Crippen LogP contribution in [-0.2, 0) is 4.79 Å². The molecule has 0 fully saturated rings. The van der Waals surface area contributed by atoms with Gasteiger partial charge >= 0.3 is 5.97 Å². The maximum atomic E-state index is 13.2. The lowest BCUT2D eigenvalue weighted by Gasteiger charge is -2.25. The van der Waals surface area contributed by atoms with Gasteiger partial charge in [0.1, 0.15) is 28.7 Å². The quantitative estimate of drug-likeness (QED) is 0.348. The number of carbonyl (C=O) groups is 1. The molecule has 3 heterocycles. The van der Waals surface area contributed by atoms with E-state index in [1.165, 1.54) is 23.7 Å². The fraction of sp³-hybridized carbons (Fsp3) is 0.0909. The molecule has 29 heavy (non-hydrogen) atoms. The van der Waals surface area contributed by atoms with Crippen LogP contribution in [0, 0.1) is 0 Å². The van der Waals surface area contributed by atoms with Crippen molar-refractivity contribution in [2.75, 3.05) is 0 Å². The molecule has 2 aromatic carbocycles. The summed E-state index contributed by atoms with van der Waals surface area (Å²) >= 11 is 7.45. The van der Waals surface area contributed by atoms with Crippen molar-refractivity contribution in [3.8, 4) is 22.6 Å². The number of thiophene rings is 1. The van der Waals surface area contributed by atoms with Gasteiger partial charge in [0.2, 0.25) is 5.43 Å². The van der Waals surface area contributed by atoms with Crippen LogP contribution in [0.2, 0.25) is 5.02 Å². The molecule has 1 N–H and O–H groups in total. The summed E-state index contributed by atoms with van der Waals surface area (Å²) in [4.78, 5) is 25.3. The predicted octanol–water partition coefficient (Wildman–Crippen LogP) is 5.32. The van der Waals surface area contributed by atoms with Crippen LogP contribution in [0.15, 0.2) is 62.6 Å². The molecule has 7 heteroatoms. The highest BCUT2D eigenvalue weighted by Gasteiger charge is 2.33. The standard InChI is InChI=1S/C22H13ClO5S/c23-13-3-1-11(2-4-13)15-9-27-22-19-14(12-5-6-29-10-12)7-18(25)28-17(19)8-16(24)20(22)21(15)26/h1-6,8-10,14,24H,7H2/t14-/m0/s1. The molecular formula is C22H13ClO5S. The number of carbonyl (C=O) groups excluding carboxylic acids is 1. The van der Waals surface area contributed by atoms with Crippen molar-refractivity contribution in [3.63, 3.8) is 0 Å². The van der Waals surface area contributed by atoms with Crippen molar-refractivity contribution < 1.29 is 19.1 Å². The zero-order chi connectivity index (χ0) is 20.1. The lowest BCUT2D eigenvalue weighted by molar-refractivity contribution is -0.135. The molecule has 0 unspecified atom stereocenters. The normalized spacial score (nSPS) is 15.9. The van der Waals surface area contributed by atoms with E-state index in [1.54, 1.807) is 24.3 Å². The smallest absolute Gasteiger partial charge is 0.312 e. The molecule has 1 aliphatic heterocycles. The lowest BCUT2D eigenvalue weighted by Crippen LogP contribution is -2.21. The number of phenols is 1. The Morgan fingerprint density at radius 1 is 1.14 bits per heavy atom. The first kappa shape index (κ1) is 18.0. The van der Waals surface area contributed by atoms with Gasteiger partial charge in [-0.2, -0.15) is 11.3 Å². The third-order valence-electron chi connectivity index (χ3n) is 5.07. The molecule has 1 atom stereocenters. The largest absolute Gasteiger partial charge is 0.507 e. The summed E-state index contributed by atoms with van der Waals surface area (Å²) in [6, 6.07) is 10.0. The Morgan fingerprint density at radius 2 is 1.93 bits per heavy atom. The van der Waals surface area contributed by atoms with E-state index >= 15 is 0 Å². The van der Waals surface area contributed by atoms with Gasteiger partial charge in [-0.05, 0) is 40.1 Å². The second kappa shape index (κ2) is 6.76. The Morgan fingerprint density at radius 3 is 2.66 bits per heavy atom. The summed E-state index contributed by atoms with van der Waals surface area (Å²) in [6.45, 7) is 0. The molecule has 0 amide bonds. The number of halogens is 1. The van der Waals surface area contributed by atoms with Gasteiger partial charge in [-0.15, -0.1) is 0 Å². The monoisotopic (exact) mass is 424 g/mol. The van der Waals surface area contributed by atoms with Gasteiger partial charge in [0, 0.05) is 22.6 Å². The van der Waals surface area contributed by atoms with Crippen molar-refractivity contribution in [2.24, 2.45) is 0 Å². The van der Waals surface area contributed by atoms with Crippen LogP contribution in [0.25, 0.3) is 22.1 Å². The first-order valence-electron chi connectivity index (χ1n) is 8.83. The molecule has 4 aromatic rings. The van der Waals surface area contributed by atoms with Crippen molar-refractivity contribution in [2.45, 2.75) is 12.3 Å². The first-order chi connectivity index (χ1) is 14.0. The minimum absolute atomic E-state index is 0.0642. The molecular weight excluding hydrogens is 412 g/mol. The van der Waals surface area contributed by atoms with Crippen molar-refractivity contribution in [1.29, 1.82) is 0 Å². The van der Waals surface area contributed by atoms with Crippen molar-refractivity contribution >= 4 is 39.9 Å². The number of aromatic hydroxyl groups is 1. The van der Waals surface area contributed by atoms with E-state index in [0.29, 0.717) is 21.7 Å². The van der Waals surface area contributed by atoms with Crippen LogP contribution in [0.5, 0.6) is 11.5 Å². The van der Waals surface area contributed by atoms with Gasteiger partial charge in [-0.3, -0.25) is 9.59 Å². The Labute approximate surface area is 173 Å². The molecule has 0 saturated heterocycles. The van der Waals surface area contributed by atoms with Crippen LogP contribution in [0.3, 0.4) is 0 Å². The molecule has 5 rings (SSSR count). The highest BCUT2D eigenvalue weighted by molar-refractivity contribution is 7.08. The predicted molar refractivity (Wildman–Crippen MR) is 111 cm³/mol. The first-order valence-corrected chi connectivity index (χ1v) is 10.1. The SMILES string of the molecule is O=C1C[C@@H](c2ccsc2)c2c(cc(O)c3c(=O)c(-c4ccc(Cl)cc4)coc23)O1. The number of rotatable bonds is 2. The average Bonchev–Trinajstić information content (AvgIpc) is 3.23. The van der Waals surface area contributed by atoms with Crippen molar-refractivity contribution in [3.05, 3.63) is 79.8 Å². The highest BCUT2D eigenvalue weighted by Crippen LogP contribution is 2.45. The van der Waals surface area contributed by atoms with Gasteiger partial charge in [-0.25, -0.2) is 0 Å². The molecule has 0 bridgehead atoms. The molecule has 0 saturated carbocycles. The second-order valence-electron chi connectivity index (χ2n) is 6.78. The summed E-state index contributed by atoms with van der Waals surface area (Å²) in [5.41, 5.74) is 2.33. The summed E-state index contributed by atoms with van der Waals surface area (Å²) in [7, 11) is 0. The topological polar surface area (TPSA) is 76.7 Å². The zero-order valence-electron chi connectivity index (χ0n) is 14.8. The Balaban J connectivity index is 1.79. The number of ether oxygens (including phenoxy) is 1. The van der Waals surface area contributed by atoms with Gasteiger partial charge in [0.25, 0.3) is 0 Å². The lowest BCUT2D eigenvalue weighted by atomic mass is 9.86. The maximum Gasteiger partial charge on any atom is 0.312 e.